The molecule has 3 rings (SSSR count). The lowest BCUT2D eigenvalue weighted by molar-refractivity contribution is -0.130. The number of hydrogen-bond donors (Lipinski definition) is 2. The maximum absolute atomic E-state index is 12.5. The number of carbonyl (C=O) groups is 2. The number of rotatable bonds is 2. The van der Waals surface area contributed by atoms with Crippen LogP contribution in [0.15, 0.2) is 30.5 Å². The first-order valence-corrected chi connectivity index (χ1v) is 7.52. The predicted octanol–water partition coefficient (Wildman–Crippen LogP) is 2.15. The van der Waals surface area contributed by atoms with Crippen LogP contribution in [0.5, 0.6) is 0 Å². The molecule has 0 saturated carbocycles. The van der Waals surface area contributed by atoms with E-state index in [-0.39, 0.29) is 23.3 Å². The van der Waals surface area contributed by atoms with Gasteiger partial charge in [0.2, 0.25) is 5.91 Å². The van der Waals surface area contributed by atoms with E-state index in [1.165, 1.54) is 0 Å². The Morgan fingerprint density at radius 3 is 2.59 bits per heavy atom. The molecule has 0 spiro atoms. The summed E-state index contributed by atoms with van der Waals surface area (Å²) in [4.78, 5) is 29.4. The van der Waals surface area contributed by atoms with Gasteiger partial charge in [0, 0.05) is 35.7 Å². The van der Waals surface area contributed by atoms with Crippen LogP contribution in [-0.4, -0.2) is 40.3 Å². The smallest absolute Gasteiger partial charge is 0.256 e. The van der Waals surface area contributed by atoms with Crippen molar-refractivity contribution in [3.05, 3.63) is 36.0 Å². The minimum atomic E-state index is -0.238. The Kier molecular flexibility index (Phi) is 3.43. The summed E-state index contributed by atoms with van der Waals surface area (Å²) in [5.41, 5.74) is 1.39. The van der Waals surface area contributed by atoms with Gasteiger partial charge in [-0.2, -0.15) is 0 Å². The second kappa shape index (κ2) is 5.16. The number of aromatic nitrogens is 1. The summed E-state index contributed by atoms with van der Waals surface area (Å²) in [6.45, 7) is 6.84. The lowest BCUT2D eigenvalue weighted by Gasteiger charge is -2.39. The first kappa shape index (κ1) is 14.6. The molecule has 2 N–H and O–H groups in total. The molecule has 0 unspecified atom stereocenters. The van der Waals surface area contributed by atoms with E-state index >= 15 is 0 Å². The van der Waals surface area contributed by atoms with Gasteiger partial charge < -0.3 is 15.2 Å². The molecule has 1 aliphatic rings. The molecule has 22 heavy (non-hydrogen) atoms. The Bertz CT molecular complexity index is 721. The quantitative estimate of drug-likeness (QED) is 0.892. The minimum Gasteiger partial charge on any atom is -0.360 e. The Hall–Kier alpha value is -2.30. The second-order valence-corrected chi connectivity index (χ2v) is 6.89. The summed E-state index contributed by atoms with van der Waals surface area (Å²) in [6, 6.07) is 7.73. The highest BCUT2D eigenvalue weighted by Gasteiger charge is 2.37. The lowest BCUT2D eigenvalue weighted by atomic mass is 9.96. The molecule has 0 aliphatic carbocycles. The van der Waals surface area contributed by atoms with Crippen molar-refractivity contribution in [2.75, 3.05) is 13.1 Å². The number of amides is 2. The maximum Gasteiger partial charge on any atom is 0.256 e. The van der Waals surface area contributed by atoms with Crippen molar-refractivity contribution in [2.24, 2.45) is 5.92 Å². The molecule has 5 nitrogen and oxygen atoms in total. The SMILES string of the molecule is CC(C)(C)NC(=O)C1CN(C(=O)c2c[nH]c3ccccc23)C1. The number of nitrogens with one attached hydrogen (secondary N) is 2. The van der Waals surface area contributed by atoms with Crippen LogP contribution in [0.1, 0.15) is 31.1 Å². The molecule has 2 amide bonds. The van der Waals surface area contributed by atoms with Crippen LogP contribution in [0.3, 0.4) is 0 Å². The van der Waals surface area contributed by atoms with Crippen LogP contribution < -0.4 is 5.32 Å². The van der Waals surface area contributed by atoms with Gasteiger partial charge in [-0.05, 0) is 26.8 Å². The molecular weight excluding hydrogens is 278 g/mol. The summed E-state index contributed by atoms with van der Waals surface area (Å²) in [5, 5.41) is 3.89. The number of nitrogens with zero attached hydrogens (tertiary/aromatic N) is 1. The number of para-hydroxylation sites is 1. The highest BCUT2D eigenvalue weighted by atomic mass is 16.2. The Labute approximate surface area is 129 Å². The van der Waals surface area contributed by atoms with Crippen molar-refractivity contribution < 1.29 is 9.59 Å². The van der Waals surface area contributed by atoms with E-state index in [0.717, 1.165) is 10.9 Å². The lowest BCUT2D eigenvalue weighted by Crippen LogP contribution is -2.58. The molecule has 116 valence electrons. The number of hydrogen-bond acceptors (Lipinski definition) is 2. The Morgan fingerprint density at radius 2 is 1.91 bits per heavy atom. The fourth-order valence-corrected chi connectivity index (χ4v) is 2.70. The zero-order valence-corrected chi connectivity index (χ0v) is 13.1. The fourth-order valence-electron chi connectivity index (χ4n) is 2.70. The normalized spacial score (nSPS) is 15.7. The molecule has 1 aromatic carbocycles. The molecule has 2 aromatic rings. The van der Waals surface area contributed by atoms with Gasteiger partial charge in [-0.1, -0.05) is 18.2 Å². The zero-order valence-electron chi connectivity index (χ0n) is 13.1. The van der Waals surface area contributed by atoms with Gasteiger partial charge in [0.15, 0.2) is 0 Å². The monoisotopic (exact) mass is 299 g/mol. The molecular formula is C17H21N3O2. The van der Waals surface area contributed by atoms with Crippen LogP contribution >= 0.6 is 0 Å². The van der Waals surface area contributed by atoms with Crippen molar-refractivity contribution in [3.63, 3.8) is 0 Å². The van der Waals surface area contributed by atoms with Crippen molar-refractivity contribution >= 4 is 22.7 Å². The van der Waals surface area contributed by atoms with Crippen LogP contribution in [0.4, 0.5) is 0 Å². The third kappa shape index (κ3) is 2.71. The standard InChI is InChI=1S/C17H21N3O2/c1-17(2,3)19-15(21)11-9-20(10-11)16(22)13-8-18-14-7-5-4-6-12(13)14/h4-8,11,18H,9-10H2,1-3H3,(H,19,21). The van der Waals surface area contributed by atoms with Crippen molar-refractivity contribution in [2.45, 2.75) is 26.3 Å². The molecule has 0 atom stereocenters. The summed E-state index contributed by atoms with van der Waals surface area (Å²) < 4.78 is 0. The highest BCUT2D eigenvalue weighted by molar-refractivity contribution is 6.07. The van der Waals surface area contributed by atoms with Crippen molar-refractivity contribution in [3.8, 4) is 0 Å². The van der Waals surface area contributed by atoms with Crippen molar-refractivity contribution in [1.29, 1.82) is 0 Å². The fraction of sp³-hybridized carbons (Fsp3) is 0.412. The van der Waals surface area contributed by atoms with Crippen LogP contribution in [-0.2, 0) is 4.79 Å². The van der Waals surface area contributed by atoms with E-state index in [9.17, 15) is 9.59 Å². The van der Waals surface area contributed by atoms with E-state index in [4.69, 9.17) is 0 Å². The third-order valence-corrected chi connectivity index (χ3v) is 3.86. The van der Waals surface area contributed by atoms with E-state index < -0.39 is 0 Å². The number of benzene rings is 1. The van der Waals surface area contributed by atoms with E-state index in [1.807, 2.05) is 45.0 Å². The largest absolute Gasteiger partial charge is 0.360 e. The third-order valence-electron chi connectivity index (χ3n) is 3.86. The van der Waals surface area contributed by atoms with Gasteiger partial charge in [-0.3, -0.25) is 9.59 Å². The zero-order chi connectivity index (χ0) is 15.9. The first-order valence-electron chi connectivity index (χ1n) is 7.52. The number of H-pyrrole nitrogens is 1. The van der Waals surface area contributed by atoms with Gasteiger partial charge in [0.05, 0.1) is 11.5 Å². The number of fused-ring (bicyclic) bond motifs is 1. The predicted molar refractivity (Wildman–Crippen MR) is 85.6 cm³/mol. The average molecular weight is 299 g/mol. The summed E-state index contributed by atoms with van der Waals surface area (Å²) in [7, 11) is 0. The van der Waals surface area contributed by atoms with Gasteiger partial charge >= 0.3 is 0 Å². The molecule has 2 heterocycles. The Morgan fingerprint density at radius 1 is 1.23 bits per heavy atom. The van der Waals surface area contributed by atoms with Crippen molar-refractivity contribution in [1.82, 2.24) is 15.2 Å². The number of aromatic amines is 1. The molecule has 1 aromatic heterocycles. The Balaban J connectivity index is 1.66. The molecule has 5 heteroatoms. The average Bonchev–Trinajstić information content (AvgIpc) is 2.78. The highest BCUT2D eigenvalue weighted by Crippen LogP contribution is 2.24. The number of carbonyl (C=O) groups excluding carboxylic acids is 2. The molecule has 1 fully saturated rings. The van der Waals surface area contributed by atoms with E-state index in [1.54, 1.807) is 11.1 Å². The van der Waals surface area contributed by atoms with Gasteiger partial charge in [-0.15, -0.1) is 0 Å². The molecule has 1 saturated heterocycles. The van der Waals surface area contributed by atoms with E-state index in [0.29, 0.717) is 18.7 Å². The molecule has 0 radical (unpaired) electrons. The first-order chi connectivity index (χ1) is 10.3. The second-order valence-electron chi connectivity index (χ2n) is 6.89. The van der Waals surface area contributed by atoms with E-state index in [2.05, 4.69) is 10.3 Å². The number of likely N-dealkylation sites (tertiary alicyclic amines) is 1. The topological polar surface area (TPSA) is 65.2 Å². The van der Waals surface area contributed by atoms with Crippen LogP contribution in [0, 0.1) is 5.92 Å². The summed E-state index contributed by atoms with van der Waals surface area (Å²) in [6.07, 6.45) is 1.75. The van der Waals surface area contributed by atoms with Crippen LogP contribution in [0.25, 0.3) is 10.9 Å². The van der Waals surface area contributed by atoms with Crippen LogP contribution in [0.2, 0.25) is 0 Å². The summed E-state index contributed by atoms with van der Waals surface area (Å²) >= 11 is 0. The summed E-state index contributed by atoms with van der Waals surface area (Å²) in [5.74, 6) is -0.0962. The maximum atomic E-state index is 12.5. The minimum absolute atomic E-state index is 0.0164. The van der Waals surface area contributed by atoms with Gasteiger partial charge in [-0.25, -0.2) is 0 Å². The van der Waals surface area contributed by atoms with Gasteiger partial charge in [0.1, 0.15) is 0 Å². The molecule has 0 bridgehead atoms. The van der Waals surface area contributed by atoms with Gasteiger partial charge in [0.25, 0.3) is 5.91 Å². The molecule has 1 aliphatic heterocycles.